The van der Waals surface area contributed by atoms with E-state index in [0.717, 1.165) is 5.69 Å². The van der Waals surface area contributed by atoms with Crippen LogP contribution < -0.4 is 10.9 Å². The summed E-state index contributed by atoms with van der Waals surface area (Å²) < 4.78 is 8.40. The van der Waals surface area contributed by atoms with E-state index in [9.17, 15) is 9.59 Å². The predicted molar refractivity (Wildman–Crippen MR) is 83.3 cm³/mol. The smallest absolute Gasteiger partial charge is 0.295 e. The van der Waals surface area contributed by atoms with Gasteiger partial charge in [0.05, 0.1) is 30.0 Å². The summed E-state index contributed by atoms with van der Waals surface area (Å²) in [5.41, 5.74) is 1.02. The molecule has 0 bridgehead atoms. The summed E-state index contributed by atoms with van der Waals surface area (Å²) in [7, 11) is 1.80. The van der Waals surface area contributed by atoms with Crippen LogP contribution in [0.1, 0.15) is 12.6 Å². The van der Waals surface area contributed by atoms with Crippen LogP contribution in [-0.4, -0.2) is 28.5 Å². The lowest BCUT2D eigenvalue weighted by Crippen LogP contribution is -2.49. The second kappa shape index (κ2) is 5.14. The van der Waals surface area contributed by atoms with Crippen molar-refractivity contribution in [3.63, 3.8) is 0 Å². The second-order valence-electron chi connectivity index (χ2n) is 5.94. The van der Waals surface area contributed by atoms with Crippen LogP contribution in [0.25, 0.3) is 5.69 Å². The van der Waals surface area contributed by atoms with E-state index in [1.54, 1.807) is 16.4 Å². The van der Waals surface area contributed by atoms with Crippen LogP contribution in [0.5, 0.6) is 0 Å². The zero-order chi connectivity index (χ0) is 15.9. The molecule has 0 aliphatic carbocycles. The maximum Gasteiger partial charge on any atom is 0.295 e. The number of hydrogen-bond donors (Lipinski definition) is 1. The Morgan fingerprint density at radius 1 is 1.27 bits per heavy atom. The van der Waals surface area contributed by atoms with Gasteiger partial charge in [-0.25, -0.2) is 4.68 Å². The Hall–Kier alpha value is -2.34. The summed E-state index contributed by atoms with van der Waals surface area (Å²) in [5.74, 6) is -0.176. The third-order valence-electron chi connectivity index (χ3n) is 4.18. The van der Waals surface area contributed by atoms with Gasteiger partial charge in [0.15, 0.2) is 0 Å². The van der Waals surface area contributed by atoms with Crippen LogP contribution in [0.15, 0.2) is 35.1 Å². The monoisotopic (exact) mass is 301 g/mol. The fourth-order valence-electron chi connectivity index (χ4n) is 2.52. The van der Waals surface area contributed by atoms with Gasteiger partial charge in [0.1, 0.15) is 5.69 Å². The molecule has 0 radical (unpaired) electrons. The minimum absolute atomic E-state index is 0.176. The molecule has 1 aromatic carbocycles. The molecule has 1 amide bonds. The van der Waals surface area contributed by atoms with Crippen molar-refractivity contribution in [1.82, 2.24) is 9.36 Å². The number of hydrogen-bond acceptors (Lipinski definition) is 3. The van der Waals surface area contributed by atoms with Crippen LogP contribution in [0, 0.1) is 12.3 Å². The van der Waals surface area contributed by atoms with Gasteiger partial charge in [-0.15, -0.1) is 0 Å². The van der Waals surface area contributed by atoms with Crippen molar-refractivity contribution in [2.75, 3.05) is 18.5 Å². The average molecular weight is 301 g/mol. The summed E-state index contributed by atoms with van der Waals surface area (Å²) in [6.45, 7) is 4.42. The number of nitrogens with one attached hydrogen (secondary N) is 1. The lowest BCUT2D eigenvalue weighted by molar-refractivity contribution is -0.151. The van der Waals surface area contributed by atoms with E-state index >= 15 is 0 Å². The molecule has 2 heterocycles. The number of rotatable bonds is 3. The van der Waals surface area contributed by atoms with Gasteiger partial charge in [-0.3, -0.25) is 14.3 Å². The lowest BCUT2D eigenvalue weighted by Gasteiger charge is -2.36. The molecule has 0 spiro atoms. The molecule has 6 nitrogen and oxygen atoms in total. The minimum atomic E-state index is -0.549. The fraction of sp³-hybridized carbons (Fsp3) is 0.375. The van der Waals surface area contributed by atoms with Gasteiger partial charge in [0.25, 0.3) is 5.56 Å². The molecular weight excluding hydrogens is 282 g/mol. The number of benzene rings is 1. The van der Waals surface area contributed by atoms with Gasteiger partial charge >= 0.3 is 0 Å². The third kappa shape index (κ3) is 2.16. The van der Waals surface area contributed by atoms with Crippen molar-refractivity contribution in [1.29, 1.82) is 0 Å². The largest absolute Gasteiger partial charge is 0.379 e. The zero-order valence-electron chi connectivity index (χ0n) is 12.9. The Balaban J connectivity index is 2.00. The number of nitrogens with zero attached hydrogens (tertiary/aromatic N) is 2. The van der Waals surface area contributed by atoms with E-state index in [-0.39, 0.29) is 11.5 Å². The first-order valence-corrected chi connectivity index (χ1v) is 7.17. The van der Waals surface area contributed by atoms with E-state index in [2.05, 4.69) is 5.32 Å². The first-order chi connectivity index (χ1) is 10.4. The van der Waals surface area contributed by atoms with Crippen LogP contribution in [0.4, 0.5) is 5.69 Å². The highest BCUT2D eigenvalue weighted by molar-refractivity contribution is 5.96. The molecule has 2 aromatic rings. The highest BCUT2D eigenvalue weighted by Gasteiger charge is 2.41. The van der Waals surface area contributed by atoms with E-state index in [4.69, 9.17) is 4.74 Å². The van der Waals surface area contributed by atoms with Crippen molar-refractivity contribution in [2.45, 2.75) is 13.8 Å². The molecule has 1 aliphatic rings. The number of anilines is 1. The number of para-hydroxylation sites is 1. The summed E-state index contributed by atoms with van der Waals surface area (Å²) in [4.78, 5) is 25.0. The van der Waals surface area contributed by atoms with Gasteiger partial charge in [-0.1, -0.05) is 18.2 Å². The Morgan fingerprint density at radius 3 is 2.45 bits per heavy atom. The van der Waals surface area contributed by atoms with Gasteiger partial charge in [0, 0.05) is 7.05 Å². The topological polar surface area (TPSA) is 65.3 Å². The van der Waals surface area contributed by atoms with Crippen LogP contribution in [-0.2, 0) is 16.6 Å². The first kappa shape index (κ1) is 14.6. The average Bonchev–Trinajstić information content (AvgIpc) is 2.69. The van der Waals surface area contributed by atoms with E-state index in [0.29, 0.717) is 24.6 Å². The summed E-state index contributed by atoms with van der Waals surface area (Å²) in [6.07, 6.45) is 0. The molecule has 116 valence electrons. The van der Waals surface area contributed by atoms with Crippen LogP contribution in [0.2, 0.25) is 0 Å². The molecule has 1 aliphatic heterocycles. The van der Waals surface area contributed by atoms with Crippen molar-refractivity contribution < 1.29 is 9.53 Å². The van der Waals surface area contributed by atoms with Crippen molar-refractivity contribution in [3.8, 4) is 5.69 Å². The molecule has 1 fully saturated rings. The summed E-state index contributed by atoms with van der Waals surface area (Å²) in [5, 5.41) is 2.78. The Bertz CT molecular complexity index is 770. The Morgan fingerprint density at radius 2 is 1.91 bits per heavy atom. The molecular formula is C16H19N3O3. The molecule has 0 saturated carbocycles. The molecule has 3 rings (SSSR count). The highest BCUT2D eigenvalue weighted by Crippen LogP contribution is 2.28. The molecule has 1 N–H and O–H groups in total. The molecule has 6 heteroatoms. The quantitative estimate of drug-likeness (QED) is 0.933. The summed E-state index contributed by atoms with van der Waals surface area (Å²) in [6, 6.07) is 9.34. The fourth-order valence-corrected chi connectivity index (χ4v) is 2.52. The Kier molecular flexibility index (Phi) is 3.41. The normalized spacial score (nSPS) is 16.1. The van der Waals surface area contributed by atoms with E-state index < -0.39 is 5.41 Å². The SMILES string of the molecule is Cc1c(NC(=O)C2(C)COC2)c(=O)n(-c2ccccc2)n1C. The van der Waals surface area contributed by atoms with Gasteiger partial charge in [0.2, 0.25) is 5.91 Å². The van der Waals surface area contributed by atoms with Crippen LogP contribution in [0.3, 0.4) is 0 Å². The number of amides is 1. The third-order valence-corrected chi connectivity index (χ3v) is 4.18. The number of ether oxygens (including phenoxy) is 1. The van der Waals surface area contributed by atoms with Gasteiger partial charge < -0.3 is 10.1 Å². The Labute approximate surface area is 128 Å². The van der Waals surface area contributed by atoms with Crippen molar-refractivity contribution in [3.05, 3.63) is 46.4 Å². The number of carbonyl (C=O) groups is 1. The van der Waals surface area contributed by atoms with Crippen molar-refractivity contribution in [2.24, 2.45) is 12.5 Å². The van der Waals surface area contributed by atoms with E-state index in [1.165, 1.54) is 0 Å². The molecule has 1 aromatic heterocycles. The summed E-state index contributed by atoms with van der Waals surface area (Å²) >= 11 is 0. The molecule has 1 saturated heterocycles. The standard InChI is InChI=1S/C16H19N3O3/c1-11-13(17-15(21)16(2)9-22-10-16)14(20)19(18(11)3)12-7-5-4-6-8-12/h4-8H,9-10H2,1-3H3,(H,17,21). The predicted octanol–water partition coefficient (Wildman–Crippen LogP) is 1.46. The molecule has 22 heavy (non-hydrogen) atoms. The van der Waals surface area contributed by atoms with Crippen LogP contribution >= 0.6 is 0 Å². The maximum absolute atomic E-state index is 12.7. The first-order valence-electron chi connectivity index (χ1n) is 7.17. The minimum Gasteiger partial charge on any atom is -0.379 e. The van der Waals surface area contributed by atoms with Gasteiger partial charge in [-0.2, -0.15) is 0 Å². The van der Waals surface area contributed by atoms with Crippen molar-refractivity contribution >= 4 is 11.6 Å². The lowest BCUT2D eigenvalue weighted by atomic mass is 9.87. The zero-order valence-corrected chi connectivity index (χ0v) is 12.9. The molecule has 0 unspecified atom stereocenters. The van der Waals surface area contributed by atoms with E-state index in [1.807, 2.05) is 44.2 Å². The second-order valence-corrected chi connectivity index (χ2v) is 5.94. The highest BCUT2D eigenvalue weighted by atomic mass is 16.5. The number of aromatic nitrogens is 2. The number of carbonyl (C=O) groups excluding carboxylic acids is 1. The van der Waals surface area contributed by atoms with Gasteiger partial charge in [-0.05, 0) is 26.0 Å². The molecule has 0 atom stereocenters. The maximum atomic E-state index is 12.7.